The van der Waals surface area contributed by atoms with Crippen molar-refractivity contribution in [2.45, 2.75) is 24.9 Å². The minimum atomic E-state index is -1.46. The Balaban J connectivity index is 1.72. The molecule has 0 aromatic heterocycles. The van der Waals surface area contributed by atoms with Crippen LogP contribution in [0.2, 0.25) is 0 Å². The average Bonchev–Trinajstić information content (AvgIpc) is 3.26. The fraction of sp³-hybridized carbons (Fsp3) is 0.185. The molecule has 0 amide bonds. The molecular weight excluding hydrogens is 400 g/mol. The summed E-state index contributed by atoms with van der Waals surface area (Å²) < 4.78 is 0. The van der Waals surface area contributed by atoms with E-state index < -0.39 is 23.4 Å². The second kappa shape index (κ2) is 6.57. The number of fused-ring (bicyclic) bond motifs is 5. The van der Waals surface area contributed by atoms with Crippen LogP contribution in [0, 0.1) is 5.41 Å². The number of carbonyl (C=O) groups excluding carboxylic acids is 3. The van der Waals surface area contributed by atoms with Gasteiger partial charge in [-0.3, -0.25) is 19.4 Å². The van der Waals surface area contributed by atoms with Crippen molar-refractivity contribution in [3.8, 4) is 0 Å². The zero-order chi connectivity index (χ0) is 22.0. The number of hydrogen-bond acceptors (Lipinski definition) is 5. The van der Waals surface area contributed by atoms with E-state index in [0.717, 1.165) is 16.7 Å². The maximum absolute atomic E-state index is 14.2. The van der Waals surface area contributed by atoms with Gasteiger partial charge in [0.25, 0.3) is 0 Å². The Labute approximate surface area is 185 Å². The summed E-state index contributed by atoms with van der Waals surface area (Å²) in [6.07, 6.45) is 1.72. The minimum absolute atomic E-state index is 0.117. The Kier molecular flexibility index (Phi) is 3.87. The SMILES string of the molecule is CC(=O)C1C(c2ccccc2)C2(C(=O)c3ccccc3C2=O)C2c3ccccc3C=NN12. The van der Waals surface area contributed by atoms with Crippen LogP contribution in [0.1, 0.15) is 56.3 Å². The second-order valence-electron chi connectivity index (χ2n) is 8.67. The molecule has 0 bridgehead atoms. The zero-order valence-corrected chi connectivity index (χ0v) is 17.4. The van der Waals surface area contributed by atoms with Crippen LogP contribution in [0.5, 0.6) is 0 Å². The number of benzene rings is 3. The van der Waals surface area contributed by atoms with Gasteiger partial charge in [-0.05, 0) is 23.6 Å². The van der Waals surface area contributed by atoms with E-state index in [1.807, 2.05) is 54.6 Å². The fourth-order valence-electron chi connectivity index (χ4n) is 5.96. The molecule has 1 spiro atoms. The van der Waals surface area contributed by atoms with Crippen LogP contribution in [-0.4, -0.2) is 34.6 Å². The smallest absolute Gasteiger partial charge is 0.180 e. The van der Waals surface area contributed by atoms with E-state index in [2.05, 4.69) is 5.10 Å². The number of carbonyl (C=O) groups is 3. The van der Waals surface area contributed by atoms with Crippen molar-refractivity contribution in [1.82, 2.24) is 5.01 Å². The third-order valence-corrected chi connectivity index (χ3v) is 7.15. The Hall–Kier alpha value is -3.86. The van der Waals surface area contributed by atoms with Crippen molar-refractivity contribution in [1.29, 1.82) is 0 Å². The van der Waals surface area contributed by atoms with Gasteiger partial charge in [-0.25, -0.2) is 0 Å². The standard InChI is InChI=1S/C27H20N2O3/c1-16(30)23-22(17-9-3-2-4-10-17)27(25(31)20-13-7-8-14-21(20)26(27)32)24-19-12-6-5-11-18(19)15-28-29(23)24/h2-15,22-24H,1H3. The van der Waals surface area contributed by atoms with Gasteiger partial charge in [0.05, 0.1) is 12.3 Å². The van der Waals surface area contributed by atoms with E-state index >= 15 is 0 Å². The third-order valence-electron chi connectivity index (χ3n) is 7.15. The lowest BCUT2D eigenvalue weighted by Crippen LogP contribution is -2.43. The summed E-state index contributed by atoms with van der Waals surface area (Å²) in [6.45, 7) is 1.52. The minimum Gasteiger partial charge on any atom is -0.298 e. The first-order chi connectivity index (χ1) is 15.6. The number of hydrogen-bond donors (Lipinski definition) is 0. The van der Waals surface area contributed by atoms with Gasteiger partial charge in [0, 0.05) is 17.0 Å². The van der Waals surface area contributed by atoms with Gasteiger partial charge in [-0.1, -0.05) is 78.9 Å². The molecule has 3 aromatic carbocycles. The lowest BCUT2D eigenvalue weighted by Gasteiger charge is -2.36. The molecule has 5 heteroatoms. The van der Waals surface area contributed by atoms with Crippen LogP contribution in [0.4, 0.5) is 0 Å². The molecule has 3 aromatic rings. The van der Waals surface area contributed by atoms with Crippen LogP contribution < -0.4 is 0 Å². The first kappa shape index (κ1) is 18.9. The molecule has 1 fully saturated rings. The normalized spacial score (nSPS) is 24.4. The van der Waals surface area contributed by atoms with Gasteiger partial charge >= 0.3 is 0 Å². The van der Waals surface area contributed by atoms with E-state index in [1.165, 1.54) is 6.92 Å². The molecule has 1 saturated heterocycles. The van der Waals surface area contributed by atoms with E-state index in [4.69, 9.17) is 0 Å². The predicted molar refractivity (Wildman–Crippen MR) is 120 cm³/mol. The molecule has 3 atom stereocenters. The summed E-state index contributed by atoms with van der Waals surface area (Å²) in [5.74, 6) is -1.22. The topological polar surface area (TPSA) is 66.8 Å². The van der Waals surface area contributed by atoms with Gasteiger partial charge in [0.15, 0.2) is 17.3 Å². The third kappa shape index (κ3) is 2.18. The van der Waals surface area contributed by atoms with Gasteiger partial charge in [-0.2, -0.15) is 5.10 Å². The van der Waals surface area contributed by atoms with Crippen molar-refractivity contribution in [3.63, 3.8) is 0 Å². The van der Waals surface area contributed by atoms with Crippen molar-refractivity contribution >= 4 is 23.6 Å². The summed E-state index contributed by atoms with van der Waals surface area (Å²) in [7, 11) is 0. The number of Topliss-reactive ketones (excluding diaryl/α,β-unsaturated/α-hetero) is 3. The first-order valence-electron chi connectivity index (χ1n) is 10.7. The highest BCUT2D eigenvalue weighted by Gasteiger charge is 2.72. The van der Waals surface area contributed by atoms with Gasteiger partial charge in [0.2, 0.25) is 0 Å². The fourth-order valence-corrected chi connectivity index (χ4v) is 5.96. The maximum Gasteiger partial charge on any atom is 0.180 e. The molecule has 1 aliphatic carbocycles. The van der Waals surface area contributed by atoms with E-state index in [9.17, 15) is 14.4 Å². The number of rotatable bonds is 2. The molecule has 2 aliphatic heterocycles. The summed E-state index contributed by atoms with van der Waals surface area (Å²) >= 11 is 0. The molecule has 0 radical (unpaired) electrons. The molecule has 0 N–H and O–H groups in total. The van der Waals surface area contributed by atoms with Gasteiger partial charge in [-0.15, -0.1) is 0 Å². The Bertz CT molecular complexity index is 1290. The van der Waals surface area contributed by atoms with Crippen molar-refractivity contribution in [2.24, 2.45) is 10.5 Å². The zero-order valence-electron chi connectivity index (χ0n) is 17.4. The molecule has 32 heavy (non-hydrogen) atoms. The predicted octanol–water partition coefficient (Wildman–Crippen LogP) is 4.20. The van der Waals surface area contributed by atoms with E-state index in [0.29, 0.717) is 11.1 Å². The molecule has 156 valence electrons. The molecule has 5 nitrogen and oxygen atoms in total. The average molecular weight is 420 g/mol. The van der Waals surface area contributed by atoms with Gasteiger partial charge in [0.1, 0.15) is 11.5 Å². The number of nitrogens with zero attached hydrogens (tertiary/aromatic N) is 2. The van der Waals surface area contributed by atoms with E-state index in [1.54, 1.807) is 35.5 Å². The Morgan fingerprint density at radius 2 is 1.44 bits per heavy atom. The van der Waals surface area contributed by atoms with Crippen molar-refractivity contribution < 1.29 is 14.4 Å². The van der Waals surface area contributed by atoms with Gasteiger partial charge < -0.3 is 0 Å². The second-order valence-corrected chi connectivity index (χ2v) is 8.67. The molecule has 2 heterocycles. The van der Waals surface area contributed by atoms with Crippen molar-refractivity contribution in [2.75, 3.05) is 0 Å². The Morgan fingerprint density at radius 1 is 0.844 bits per heavy atom. The molecular formula is C27H20N2O3. The highest BCUT2D eigenvalue weighted by molar-refractivity contribution is 6.31. The first-order valence-corrected chi connectivity index (χ1v) is 10.7. The monoisotopic (exact) mass is 420 g/mol. The van der Waals surface area contributed by atoms with Crippen LogP contribution >= 0.6 is 0 Å². The van der Waals surface area contributed by atoms with Crippen LogP contribution in [0.3, 0.4) is 0 Å². The maximum atomic E-state index is 14.2. The summed E-state index contributed by atoms with van der Waals surface area (Å²) in [6, 6.07) is 22.7. The lowest BCUT2D eigenvalue weighted by molar-refractivity contribution is -0.122. The highest BCUT2D eigenvalue weighted by atomic mass is 16.2. The molecule has 0 saturated carbocycles. The Morgan fingerprint density at radius 3 is 2.09 bits per heavy atom. The number of ketones is 3. The summed E-state index contributed by atoms with van der Waals surface area (Å²) in [4.78, 5) is 41.6. The molecule has 3 aliphatic rings. The largest absolute Gasteiger partial charge is 0.298 e. The van der Waals surface area contributed by atoms with Crippen LogP contribution in [-0.2, 0) is 4.79 Å². The molecule has 6 rings (SSSR count). The summed E-state index contributed by atoms with van der Waals surface area (Å²) in [5.41, 5.74) is 1.89. The lowest BCUT2D eigenvalue weighted by atomic mass is 9.63. The molecule has 3 unspecified atom stereocenters. The number of hydrazone groups is 1. The summed E-state index contributed by atoms with van der Waals surface area (Å²) in [5, 5.41) is 6.36. The quantitative estimate of drug-likeness (QED) is 0.583. The van der Waals surface area contributed by atoms with Crippen molar-refractivity contribution in [3.05, 3.63) is 107 Å². The van der Waals surface area contributed by atoms with Crippen LogP contribution in [0.25, 0.3) is 0 Å². The van der Waals surface area contributed by atoms with E-state index in [-0.39, 0.29) is 17.3 Å². The highest BCUT2D eigenvalue weighted by Crippen LogP contribution is 2.64. The van der Waals surface area contributed by atoms with Crippen LogP contribution in [0.15, 0.2) is 84.0 Å².